The van der Waals surface area contributed by atoms with Crippen LogP contribution in [0.1, 0.15) is 52.7 Å². The van der Waals surface area contributed by atoms with Gasteiger partial charge in [0.15, 0.2) is 0 Å². The molecule has 3 aromatic rings. The summed E-state index contributed by atoms with van der Waals surface area (Å²) in [5, 5.41) is 7.88. The highest BCUT2D eigenvalue weighted by molar-refractivity contribution is 6.09. The quantitative estimate of drug-likeness (QED) is 0.413. The predicted molar refractivity (Wildman–Crippen MR) is 117 cm³/mol. The van der Waals surface area contributed by atoms with Gasteiger partial charge in [-0.05, 0) is 50.8 Å². The molecule has 164 valence electrons. The fraction of sp³-hybridized carbons (Fsp3) is 0.391. The fourth-order valence-corrected chi connectivity index (χ4v) is 3.41. The van der Waals surface area contributed by atoms with Crippen molar-refractivity contribution >= 4 is 22.8 Å². The first-order valence-electron chi connectivity index (χ1n) is 10.4. The van der Waals surface area contributed by atoms with Crippen LogP contribution in [-0.2, 0) is 11.8 Å². The van der Waals surface area contributed by atoms with Crippen molar-refractivity contribution in [3.63, 3.8) is 0 Å². The van der Waals surface area contributed by atoms with Crippen LogP contribution in [0.5, 0.6) is 0 Å². The summed E-state index contributed by atoms with van der Waals surface area (Å²) in [7, 11) is 1.84. The Morgan fingerprint density at radius 2 is 2.00 bits per heavy atom. The number of halogens is 1. The lowest BCUT2D eigenvalue weighted by Gasteiger charge is -2.12. The molecular weight excluding hydrogens is 399 g/mol. The number of aryl methyl sites for hydroxylation is 1. The van der Waals surface area contributed by atoms with Crippen LogP contribution in [0.4, 0.5) is 4.39 Å². The van der Waals surface area contributed by atoms with Crippen LogP contribution in [-0.4, -0.2) is 46.5 Å². The first-order chi connectivity index (χ1) is 15.0. The number of nitrogens with zero attached hydrogens (tertiary/aromatic N) is 3. The molecule has 0 fully saturated rings. The summed E-state index contributed by atoms with van der Waals surface area (Å²) in [6.07, 6.45) is 3.61. The number of unbranched alkanes of at least 4 members (excludes halogenated alkanes) is 2. The molecule has 0 aliphatic rings. The molecular formula is C23H27FN4O3. The van der Waals surface area contributed by atoms with Gasteiger partial charge in [-0.15, -0.1) is 0 Å². The zero-order valence-electron chi connectivity index (χ0n) is 18.1. The van der Waals surface area contributed by atoms with E-state index in [0.29, 0.717) is 36.9 Å². The lowest BCUT2D eigenvalue weighted by Crippen LogP contribution is -2.25. The number of ether oxygens (including phenoxy) is 1. The summed E-state index contributed by atoms with van der Waals surface area (Å²) in [5.41, 5.74) is 3.46. The first-order valence-corrected chi connectivity index (χ1v) is 10.4. The van der Waals surface area contributed by atoms with Crippen molar-refractivity contribution in [1.82, 2.24) is 20.1 Å². The maximum Gasteiger partial charge on any atom is 0.340 e. The van der Waals surface area contributed by atoms with Crippen LogP contribution in [0.15, 0.2) is 30.5 Å². The van der Waals surface area contributed by atoms with Gasteiger partial charge in [0.1, 0.15) is 5.69 Å². The highest BCUT2D eigenvalue weighted by atomic mass is 19.1. The van der Waals surface area contributed by atoms with Gasteiger partial charge in [0.05, 0.1) is 30.6 Å². The van der Waals surface area contributed by atoms with E-state index in [0.717, 1.165) is 22.2 Å². The Hall–Kier alpha value is -3.29. The Labute approximate surface area is 180 Å². The number of rotatable bonds is 9. The molecule has 31 heavy (non-hydrogen) atoms. The number of hydrogen-bond acceptors (Lipinski definition) is 5. The van der Waals surface area contributed by atoms with Gasteiger partial charge in [-0.2, -0.15) is 5.10 Å². The number of pyridine rings is 1. The van der Waals surface area contributed by atoms with E-state index in [1.165, 1.54) is 0 Å². The monoisotopic (exact) mass is 426 g/mol. The Morgan fingerprint density at radius 1 is 1.19 bits per heavy atom. The second-order valence-electron chi connectivity index (χ2n) is 7.25. The number of hydrogen-bond donors (Lipinski definition) is 1. The number of carbonyl (C=O) groups is 2. The number of amides is 1. The number of alkyl halides is 1. The molecule has 1 amide bonds. The fourth-order valence-electron chi connectivity index (χ4n) is 3.41. The standard InChI is InChI=1S/C23H27FN4O3/c1-4-31-23(30)17-10-8-9-16-18(19-14-26-28(3)15(19)2)13-20(27-21(16)17)22(29)25-12-7-5-6-11-24/h8-10,13-14H,4-7,11-12H2,1-3H3,(H,25,29). The van der Waals surface area contributed by atoms with Crippen molar-refractivity contribution in [2.24, 2.45) is 7.05 Å². The smallest absolute Gasteiger partial charge is 0.340 e. The molecule has 0 saturated heterocycles. The van der Waals surface area contributed by atoms with E-state index in [9.17, 15) is 14.0 Å². The lowest BCUT2D eigenvalue weighted by atomic mass is 9.98. The zero-order chi connectivity index (χ0) is 22.4. The molecule has 0 saturated carbocycles. The maximum absolute atomic E-state index is 12.8. The van der Waals surface area contributed by atoms with Gasteiger partial charge in [-0.3, -0.25) is 13.9 Å². The maximum atomic E-state index is 12.8. The van der Waals surface area contributed by atoms with Crippen molar-refractivity contribution in [2.75, 3.05) is 19.8 Å². The van der Waals surface area contributed by atoms with Crippen LogP contribution >= 0.6 is 0 Å². The Kier molecular flexibility index (Phi) is 7.33. The largest absolute Gasteiger partial charge is 0.462 e. The van der Waals surface area contributed by atoms with E-state index in [2.05, 4.69) is 15.4 Å². The molecule has 0 aliphatic carbocycles. The third-order valence-corrected chi connectivity index (χ3v) is 5.19. The minimum Gasteiger partial charge on any atom is -0.462 e. The van der Waals surface area contributed by atoms with E-state index in [4.69, 9.17) is 4.74 Å². The zero-order valence-corrected chi connectivity index (χ0v) is 18.1. The van der Waals surface area contributed by atoms with Gasteiger partial charge in [0.2, 0.25) is 0 Å². The summed E-state index contributed by atoms with van der Waals surface area (Å²) < 4.78 is 19.2. The highest BCUT2D eigenvalue weighted by Gasteiger charge is 2.20. The number of nitrogens with one attached hydrogen (secondary N) is 1. The summed E-state index contributed by atoms with van der Waals surface area (Å²) in [6.45, 7) is 3.99. The molecule has 0 bridgehead atoms. The summed E-state index contributed by atoms with van der Waals surface area (Å²) in [4.78, 5) is 29.9. The average molecular weight is 426 g/mol. The molecule has 0 aliphatic heterocycles. The Morgan fingerprint density at radius 3 is 2.68 bits per heavy atom. The highest BCUT2D eigenvalue weighted by Crippen LogP contribution is 2.32. The van der Waals surface area contributed by atoms with Gasteiger partial charge in [0.25, 0.3) is 5.91 Å². The number of para-hydroxylation sites is 1. The van der Waals surface area contributed by atoms with Crippen LogP contribution in [0, 0.1) is 6.92 Å². The van der Waals surface area contributed by atoms with Crippen LogP contribution in [0.25, 0.3) is 22.0 Å². The molecule has 2 heterocycles. The van der Waals surface area contributed by atoms with Crippen molar-refractivity contribution < 1.29 is 18.7 Å². The second kappa shape index (κ2) is 10.1. The molecule has 0 atom stereocenters. The molecule has 0 unspecified atom stereocenters. The first kappa shape index (κ1) is 22.4. The molecule has 0 radical (unpaired) electrons. The van der Waals surface area contributed by atoms with E-state index in [-0.39, 0.29) is 24.9 Å². The van der Waals surface area contributed by atoms with Crippen molar-refractivity contribution in [3.8, 4) is 11.1 Å². The molecule has 8 heteroatoms. The van der Waals surface area contributed by atoms with E-state index < -0.39 is 5.97 Å². The number of benzene rings is 1. The summed E-state index contributed by atoms with van der Waals surface area (Å²) in [5.74, 6) is -0.832. The second-order valence-corrected chi connectivity index (χ2v) is 7.25. The molecule has 1 aromatic carbocycles. The van der Waals surface area contributed by atoms with Gasteiger partial charge in [-0.1, -0.05) is 12.1 Å². The van der Waals surface area contributed by atoms with Crippen molar-refractivity contribution in [3.05, 3.63) is 47.4 Å². The molecule has 7 nitrogen and oxygen atoms in total. The third kappa shape index (κ3) is 4.90. The van der Waals surface area contributed by atoms with Gasteiger partial charge >= 0.3 is 5.97 Å². The topological polar surface area (TPSA) is 86.1 Å². The number of aromatic nitrogens is 3. The Balaban J connectivity index is 2.08. The van der Waals surface area contributed by atoms with Gasteiger partial charge in [0, 0.05) is 30.2 Å². The van der Waals surface area contributed by atoms with Crippen LogP contribution in [0.2, 0.25) is 0 Å². The summed E-state index contributed by atoms with van der Waals surface area (Å²) in [6, 6.07) is 7.01. The number of esters is 1. The molecule has 2 aromatic heterocycles. The van der Waals surface area contributed by atoms with Crippen molar-refractivity contribution in [1.29, 1.82) is 0 Å². The van der Waals surface area contributed by atoms with E-state index in [1.807, 2.05) is 20.0 Å². The average Bonchev–Trinajstić information content (AvgIpc) is 3.10. The predicted octanol–water partition coefficient (Wildman–Crippen LogP) is 3.99. The SMILES string of the molecule is CCOC(=O)c1cccc2c(-c3cnn(C)c3C)cc(C(=O)NCCCCCF)nc12. The molecule has 0 spiro atoms. The van der Waals surface area contributed by atoms with Crippen LogP contribution in [0.3, 0.4) is 0 Å². The molecule has 3 rings (SSSR count). The Bertz CT molecular complexity index is 1090. The summed E-state index contributed by atoms with van der Waals surface area (Å²) >= 11 is 0. The van der Waals surface area contributed by atoms with Gasteiger partial charge < -0.3 is 10.1 Å². The minimum absolute atomic E-state index is 0.202. The molecule has 1 N–H and O–H groups in total. The van der Waals surface area contributed by atoms with E-state index in [1.54, 1.807) is 36.0 Å². The number of fused-ring (bicyclic) bond motifs is 1. The van der Waals surface area contributed by atoms with Gasteiger partial charge in [-0.25, -0.2) is 9.78 Å². The third-order valence-electron chi connectivity index (χ3n) is 5.19. The van der Waals surface area contributed by atoms with Crippen LogP contribution < -0.4 is 5.32 Å². The van der Waals surface area contributed by atoms with E-state index >= 15 is 0 Å². The van der Waals surface area contributed by atoms with Crippen molar-refractivity contribution in [2.45, 2.75) is 33.1 Å². The normalized spacial score (nSPS) is 11.0. The lowest BCUT2D eigenvalue weighted by molar-refractivity contribution is 0.0528. The minimum atomic E-state index is -0.488. The number of carbonyl (C=O) groups excluding carboxylic acids is 2.